The largest absolute Gasteiger partial charge is 0.486 e. The molecule has 0 fully saturated rings. The molecule has 0 saturated heterocycles. The first-order valence-corrected chi connectivity index (χ1v) is 12.4. The lowest BCUT2D eigenvalue weighted by atomic mass is 10.1. The molecule has 0 spiro atoms. The smallest absolute Gasteiger partial charge is 0.341 e. The molecule has 0 saturated carbocycles. The van der Waals surface area contributed by atoms with Crippen LogP contribution in [0.2, 0.25) is 0 Å². The van der Waals surface area contributed by atoms with Crippen LogP contribution in [-0.4, -0.2) is 44.9 Å². The predicted octanol–water partition coefficient (Wildman–Crippen LogP) is 3.39. The van der Waals surface area contributed by atoms with Crippen molar-refractivity contribution < 1.29 is 28.2 Å². The molecule has 186 valence electrons. The Morgan fingerprint density at radius 1 is 1.20 bits per heavy atom. The molecule has 3 N–H and O–H groups in total. The van der Waals surface area contributed by atoms with Gasteiger partial charge in [-0.1, -0.05) is 11.8 Å². The fourth-order valence-corrected chi connectivity index (χ4v) is 4.99. The van der Waals surface area contributed by atoms with Crippen LogP contribution in [-0.2, 0) is 22.7 Å². The number of thiophene rings is 1. The number of rotatable bonds is 11. The molecule has 0 aliphatic carbocycles. The summed E-state index contributed by atoms with van der Waals surface area (Å²) in [6, 6.07) is 5.63. The molecule has 2 heterocycles. The minimum atomic E-state index is -0.695. The Morgan fingerprint density at radius 3 is 2.54 bits per heavy atom. The molecule has 0 unspecified atom stereocenters. The zero-order valence-electron chi connectivity index (χ0n) is 19.3. The lowest BCUT2D eigenvalue weighted by Gasteiger charge is -2.09. The van der Waals surface area contributed by atoms with Gasteiger partial charge in [-0.15, -0.1) is 21.5 Å². The number of primary amides is 1. The lowest BCUT2D eigenvalue weighted by Crippen LogP contribution is -2.17. The van der Waals surface area contributed by atoms with E-state index >= 15 is 0 Å². The van der Waals surface area contributed by atoms with E-state index in [0.717, 1.165) is 23.1 Å². The molecule has 3 rings (SSSR count). The second kappa shape index (κ2) is 11.8. The van der Waals surface area contributed by atoms with E-state index in [0.29, 0.717) is 28.8 Å². The highest BCUT2D eigenvalue weighted by Gasteiger charge is 2.26. The Hall–Kier alpha value is -3.45. The van der Waals surface area contributed by atoms with Gasteiger partial charge in [-0.05, 0) is 50.6 Å². The first-order valence-electron chi connectivity index (χ1n) is 10.6. The number of anilines is 1. The lowest BCUT2D eigenvalue weighted by molar-refractivity contribution is -0.113. The number of ether oxygens (including phenoxy) is 2. The summed E-state index contributed by atoms with van der Waals surface area (Å²) in [5.74, 6) is -1.10. The number of carbonyl (C=O) groups is 3. The third kappa shape index (κ3) is 6.36. The van der Waals surface area contributed by atoms with Crippen molar-refractivity contribution in [3.63, 3.8) is 0 Å². The molecular weight excluding hydrogens is 497 g/mol. The van der Waals surface area contributed by atoms with E-state index in [1.165, 1.54) is 24.3 Å². The van der Waals surface area contributed by atoms with Gasteiger partial charge < -0.3 is 25.1 Å². The van der Waals surface area contributed by atoms with Crippen molar-refractivity contribution in [2.75, 3.05) is 17.7 Å². The van der Waals surface area contributed by atoms with E-state index in [-0.39, 0.29) is 40.2 Å². The van der Waals surface area contributed by atoms with Gasteiger partial charge in [0, 0.05) is 6.54 Å². The molecule has 10 nitrogen and oxygen atoms in total. The first kappa shape index (κ1) is 26.2. The highest BCUT2D eigenvalue weighted by Crippen LogP contribution is 2.33. The van der Waals surface area contributed by atoms with Gasteiger partial charge in [-0.25, -0.2) is 9.18 Å². The van der Waals surface area contributed by atoms with Crippen LogP contribution in [0.1, 0.15) is 45.3 Å². The van der Waals surface area contributed by atoms with Gasteiger partial charge in [0.05, 0.1) is 22.8 Å². The second-order valence-electron chi connectivity index (χ2n) is 7.07. The molecule has 0 radical (unpaired) electrons. The van der Waals surface area contributed by atoms with Crippen LogP contribution >= 0.6 is 23.1 Å². The Labute approximate surface area is 209 Å². The number of nitrogens with one attached hydrogen (secondary N) is 1. The highest BCUT2D eigenvalue weighted by atomic mass is 32.2. The number of thioether (sulfide) groups is 1. The molecule has 1 aromatic carbocycles. The van der Waals surface area contributed by atoms with E-state index in [9.17, 15) is 18.8 Å². The molecule has 13 heteroatoms. The maximum Gasteiger partial charge on any atom is 0.341 e. The van der Waals surface area contributed by atoms with Gasteiger partial charge in [0.1, 0.15) is 23.2 Å². The average molecular weight is 522 g/mol. The average Bonchev–Trinajstić information content (AvgIpc) is 3.37. The van der Waals surface area contributed by atoms with Crippen LogP contribution in [0.5, 0.6) is 5.75 Å². The minimum Gasteiger partial charge on any atom is -0.486 e. The van der Waals surface area contributed by atoms with Crippen LogP contribution in [0.25, 0.3) is 0 Å². The van der Waals surface area contributed by atoms with Gasteiger partial charge in [0.15, 0.2) is 11.0 Å². The van der Waals surface area contributed by atoms with Crippen molar-refractivity contribution in [3.8, 4) is 5.75 Å². The number of nitrogens with zero attached hydrogens (tertiary/aromatic N) is 3. The van der Waals surface area contributed by atoms with E-state index < -0.39 is 17.8 Å². The molecule has 0 aliphatic heterocycles. The Bertz CT molecular complexity index is 1230. The Kier molecular flexibility index (Phi) is 8.82. The van der Waals surface area contributed by atoms with E-state index in [1.54, 1.807) is 18.4 Å². The molecule has 2 amide bonds. The van der Waals surface area contributed by atoms with Crippen molar-refractivity contribution in [2.24, 2.45) is 5.73 Å². The van der Waals surface area contributed by atoms with Crippen molar-refractivity contribution >= 4 is 45.9 Å². The minimum absolute atomic E-state index is 0.0257. The first-order chi connectivity index (χ1) is 16.7. The van der Waals surface area contributed by atoms with Crippen LogP contribution in [0.3, 0.4) is 0 Å². The summed E-state index contributed by atoms with van der Waals surface area (Å²) < 4.78 is 25.5. The zero-order chi connectivity index (χ0) is 25.5. The molecule has 0 atom stereocenters. The predicted molar refractivity (Wildman–Crippen MR) is 129 cm³/mol. The van der Waals surface area contributed by atoms with Crippen LogP contribution in [0.4, 0.5) is 9.39 Å². The summed E-state index contributed by atoms with van der Waals surface area (Å²) >= 11 is 2.08. The van der Waals surface area contributed by atoms with Crippen molar-refractivity contribution in [2.45, 2.75) is 39.1 Å². The number of hydrogen-bond acceptors (Lipinski definition) is 9. The van der Waals surface area contributed by atoms with Gasteiger partial charge in [0.25, 0.3) is 5.91 Å². The second-order valence-corrected chi connectivity index (χ2v) is 9.03. The van der Waals surface area contributed by atoms with Gasteiger partial charge in [0.2, 0.25) is 5.91 Å². The number of aromatic nitrogens is 3. The number of amides is 2. The van der Waals surface area contributed by atoms with Crippen LogP contribution in [0, 0.1) is 12.7 Å². The van der Waals surface area contributed by atoms with Crippen molar-refractivity contribution in [1.29, 1.82) is 0 Å². The number of benzene rings is 1. The Balaban J connectivity index is 1.67. The molecule has 0 aliphatic rings. The summed E-state index contributed by atoms with van der Waals surface area (Å²) in [5, 5.41) is 11.6. The standard InChI is InChI=1S/C22H24FN5O5S2/c1-4-28-15(10-33-14-8-6-13(23)7-9-14)26-27-22(28)34-11-16(29)25-20-17(21(31)32-5-2)12(3)18(35-20)19(24)30/h6-9H,4-5,10-11H2,1-3H3,(H2,24,30)(H,25,29). The Morgan fingerprint density at radius 2 is 1.91 bits per heavy atom. The van der Waals surface area contributed by atoms with E-state index in [1.807, 2.05) is 6.92 Å². The third-order valence-electron chi connectivity index (χ3n) is 4.73. The number of nitrogens with two attached hydrogens (primary N) is 1. The quantitative estimate of drug-likeness (QED) is 0.289. The molecule has 2 aromatic heterocycles. The number of halogens is 1. The van der Waals surface area contributed by atoms with Crippen LogP contribution in [0.15, 0.2) is 29.4 Å². The molecule has 35 heavy (non-hydrogen) atoms. The van der Waals surface area contributed by atoms with Crippen molar-refractivity contribution in [3.05, 3.63) is 51.9 Å². The van der Waals surface area contributed by atoms with Gasteiger partial charge in [-0.3, -0.25) is 9.59 Å². The third-order valence-corrected chi connectivity index (χ3v) is 6.92. The zero-order valence-corrected chi connectivity index (χ0v) is 20.9. The van der Waals surface area contributed by atoms with Gasteiger partial charge in [-0.2, -0.15) is 0 Å². The topological polar surface area (TPSA) is 138 Å². The summed E-state index contributed by atoms with van der Waals surface area (Å²) in [5.41, 5.74) is 5.87. The number of esters is 1. The monoisotopic (exact) mass is 521 g/mol. The summed E-state index contributed by atoms with van der Waals surface area (Å²) in [6.07, 6.45) is 0. The fraction of sp³-hybridized carbons (Fsp3) is 0.318. The summed E-state index contributed by atoms with van der Waals surface area (Å²) in [7, 11) is 0. The maximum absolute atomic E-state index is 13.1. The SMILES string of the molecule is CCOC(=O)c1c(NC(=O)CSc2nnc(COc3ccc(F)cc3)n2CC)sc(C(N)=O)c1C. The number of hydrogen-bond donors (Lipinski definition) is 2. The molecule has 0 bridgehead atoms. The number of carbonyl (C=O) groups excluding carboxylic acids is 3. The summed E-state index contributed by atoms with van der Waals surface area (Å²) in [4.78, 5) is 36.9. The maximum atomic E-state index is 13.1. The highest BCUT2D eigenvalue weighted by molar-refractivity contribution is 7.99. The van der Waals surface area contributed by atoms with Gasteiger partial charge >= 0.3 is 5.97 Å². The summed E-state index contributed by atoms with van der Waals surface area (Å²) in [6.45, 7) is 5.94. The van der Waals surface area contributed by atoms with E-state index in [4.69, 9.17) is 15.2 Å². The van der Waals surface area contributed by atoms with Crippen LogP contribution < -0.4 is 15.8 Å². The normalized spacial score (nSPS) is 10.7. The molecule has 3 aromatic rings. The molecular formula is C22H24FN5O5S2. The fourth-order valence-electron chi connectivity index (χ4n) is 3.11. The van der Waals surface area contributed by atoms with E-state index in [2.05, 4.69) is 15.5 Å². The van der Waals surface area contributed by atoms with Crippen molar-refractivity contribution in [1.82, 2.24) is 14.8 Å².